The SMILES string of the molecule is CN=C(NCCCc1nnc2ccccn12)NCc1ccc(Cl)cc1. The second-order valence-corrected chi connectivity index (χ2v) is 6.06. The van der Waals surface area contributed by atoms with Crippen molar-refractivity contribution in [3.8, 4) is 0 Å². The molecular formula is C18H21ClN6. The largest absolute Gasteiger partial charge is 0.356 e. The Morgan fingerprint density at radius 2 is 1.96 bits per heavy atom. The maximum Gasteiger partial charge on any atom is 0.191 e. The zero-order valence-electron chi connectivity index (χ0n) is 14.1. The Morgan fingerprint density at radius 1 is 1.12 bits per heavy atom. The minimum Gasteiger partial charge on any atom is -0.356 e. The molecule has 0 fully saturated rings. The van der Waals surface area contributed by atoms with Crippen LogP contribution in [0.25, 0.3) is 5.65 Å². The van der Waals surface area contributed by atoms with E-state index in [0.29, 0.717) is 6.54 Å². The van der Waals surface area contributed by atoms with Gasteiger partial charge >= 0.3 is 0 Å². The molecule has 25 heavy (non-hydrogen) atoms. The topological polar surface area (TPSA) is 66.6 Å². The van der Waals surface area contributed by atoms with Crippen molar-refractivity contribution in [3.05, 3.63) is 65.1 Å². The fourth-order valence-corrected chi connectivity index (χ4v) is 2.65. The number of pyridine rings is 1. The molecule has 1 aromatic carbocycles. The van der Waals surface area contributed by atoms with E-state index in [2.05, 4.69) is 25.8 Å². The summed E-state index contributed by atoms with van der Waals surface area (Å²) in [6, 6.07) is 13.7. The van der Waals surface area contributed by atoms with Gasteiger partial charge in [-0.3, -0.25) is 9.39 Å². The van der Waals surface area contributed by atoms with Crippen LogP contribution in [0.3, 0.4) is 0 Å². The molecule has 0 radical (unpaired) electrons. The van der Waals surface area contributed by atoms with Gasteiger partial charge in [0.05, 0.1) is 0 Å². The van der Waals surface area contributed by atoms with Crippen molar-refractivity contribution in [2.45, 2.75) is 19.4 Å². The van der Waals surface area contributed by atoms with Crippen LogP contribution in [0.5, 0.6) is 0 Å². The molecule has 0 unspecified atom stereocenters. The average Bonchev–Trinajstić information content (AvgIpc) is 3.06. The van der Waals surface area contributed by atoms with Gasteiger partial charge in [-0.1, -0.05) is 29.8 Å². The van der Waals surface area contributed by atoms with Gasteiger partial charge in [-0.25, -0.2) is 0 Å². The van der Waals surface area contributed by atoms with E-state index < -0.39 is 0 Å². The van der Waals surface area contributed by atoms with Crippen molar-refractivity contribution in [2.75, 3.05) is 13.6 Å². The number of aromatic nitrogens is 3. The molecule has 0 aliphatic carbocycles. The molecule has 0 bridgehead atoms. The Kier molecular flexibility index (Phi) is 5.85. The standard InChI is InChI=1S/C18H21ClN6/c1-20-18(22-13-14-7-9-15(19)10-8-14)21-11-4-6-17-24-23-16-5-2-3-12-25(16)17/h2-3,5,7-10,12H,4,6,11,13H2,1H3,(H2,20,21,22). The molecule has 3 rings (SSSR count). The molecule has 0 aliphatic heterocycles. The van der Waals surface area contributed by atoms with E-state index in [-0.39, 0.29) is 0 Å². The van der Waals surface area contributed by atoms with E-state index in [4.69, 9.17) is 11.6 Å². The van der Waals surface area contributed by atoms with E-state index in [1.165, 1.54) is 0 Å². The fraction of sp³-hybridized carbons (Fsp3) is 0.278. The van der Waals surface area contributed by atoms with E-state index in [9.17, 15) is 0 Å². The Balaban J connectivity index is 1.43. The summed E-state index contributed by atoms with van der Waals surface area (Å²) in [7, 11) is 1.77. The first-order valence-electron chi connectivity index (χ1n) is 8.24. The van der Waals surface area contributed by atoms with Crippen LogP contribution in [0.4, 0.5) is 0 Å². The molecule has 2 aromatic heterocycles. The van der Waals surface area contributed by atoms with Gasteiger partial charge in [0.1, 0.15) is 5.82 Å². The van der Waals surface area contributed by atoms with Crippen LogP contribution in [0.1, 0.15) is 17.8 Å². The molecule has 0 saturated carbocycles. The van der Waals surface area contributed by atoms with Crippen LogP contribution >= 0.6 is 11.6 Å². The van der Waals surface area contributed by atoms with Gasteiger partial charge in [0.25, 0.3) is 0 Å². The molecular weight excluding hydrogens is 336 g/mol. The maximum atomic E-state index is 5.90. The van der Waals surface area contributed by atoms with E-state index in [0.717, 1.165) is 47.4 Å². The highest BCUT2D eigenvalue weighted by atomic mass is 35.5. The molecule has 2 N–H and O–H groups in total. The molecule has 0 spiro atoms. The highest BCUT2D eigenvalue weighted by molar-refractivity contribution is 6.30. The lowest BCUT2D eigenvalue weighted by atomic mass is 10.2. The highest BCUT2D eigenvalue weighted by Crippen LogP contribution is 2.09. The van der Waals surface area contributed by atoms with E-state index in [1.807, 2.05) is 53.1 Å². The predicted molar refractivity (Wildman–Crippen MR) is 101 cm³/mol. The molecule has 7 heteroatoms. The average molecular weight is 357 g/mol. The van der Waals surface area contributed by atoms with Crippen molar-refractivity contribution in [3.63, 3.8) is 0 Å². The summed E-state index contributed by atoms with van der Waals surface area (Å²) in [4.78, 5) is 4.24. The molecule has 130 valence electrons. The second-order valence-electron chi connectivity index (χ2n) is 5.63. The molecule has 2 heterocycles. The third kappa shape index (κ3) is 4.70. The number of aliphatic imine (C=N–C) groups is 1. The fourth-order valence-electron chi connectivity index (χ4n) is 2.52. The summed E-state index contributed by atoms with van der Waals surface area (Å²) in [6.07, 6.45) is 3.79. The summed E-state index contributed by atoms with van der Waals surface area (Å²) in [6.45, 7) is 1.51. The van der Waals surface area contributed by atoms with Gasteiger partial charge in [-0.05, 0) is 36.2 Å². The van der Waals surface area contributed by atoms with Crippen LogP contribution in [-0.2, 0) is 13.0 Å². The summed E-state index contributed by atoms with van der Waals surface area (Å²) >= 11 is 5.90. The first kappa shape index (κ1) is 17.2. The van der Waals surface area contributed by atoms with Gasteiger partial charge in [0.15, 0.2) is 11.6 Å². The van der Waals surface area contributed by atoms with Crippen molar-refractivity contribution in [2.24, 2.45) is 4.99 Å². The van der Waals surface area contributed by atoms with Crippen molar-refractivity contribution >= 4 is 23.2 Å². The molecule has 0 atom stereocenters. The quantitative estimate of drug-likeness (QED) is 0.405. The smallest absolute Gasteiger partial charge is 0.191 e. The summed E-state index contributed by atoms with van der Waals surface area (Å²) in [5, 5.41) is 15.8. The number of halogens is 1. The molecule has 0 aliphatic rings. The Hall–Kier alpha value is -2.60. The van der Waals surface area contributed by atoms with Crippen LogP contribution in [0, 0.1) is 0 Å². The molecule has 0 saturated heterocycles. The number of rotatable bonds is 6. The summed E-state index contributed by atoms with van der Waals surface area (Å²) < 4.78 is 2.02. The monoisotopic (exact) mass is 356 g/mol. The third-order valence-corrected chi connectivity index (χ3v) is 4.10. The van der Waals surface area contributed by atoms with Crippen molar-refractivity contribution in [1.29, 1.82) is 0 Å². The van der Waals surface area contributed by atoms with Crippen LogP contribution in [0.15, 0.2) is 53.7 Å². The van der Waals surface area contributed by atoms with Gasteiger partial charge < -0.3 is 10.6 Å². The number of aryl methyl sites for hydroxylation is 1. The number of hydrogen-bond acceptors (Lipinski definition) is 3. The number of hydrogen-bond donors (Lipinski definition) is 2. The van der Waals surface area contributed by atoms with Crippen molar-refractivity contribution < 1.29 is 0 Å². The lowest BCUT2D eigenvalue weighted by Crippen LogP contribution is -2.37. The highest BCUT2D eigenvalue weighted by Gasteiger charge is 2.04. The van der Waals surface area contributed by atoms with E-state index in [1.54, 1.807) is 7.05 Å². The number of nitrogens with zero attached hydrogens (tertiary/aromatic N) is 4. The van der Waals surface area contributed by atoms with Crippen LogP contribution < -0.4 is 10.6 Å². The van der Waals surface area contributed by atoms with Gasteiger partial charge in [0, 0.05) is 37.8 Å². The summed E-state index contributed by atoms with van der Waals surface area (Å²) in [5.41, 5.74) is 2.04. The van der Waals surface area contributed by atoms with Gasteiger partial charge in [-0.15, -0.1) is 10.2 Å². The predicted octanol–water partition coefficient (Wildman–Crippen LogP) is 2.68. The number of guanidine groups is 1. The first-order valence-corrected chi connectivity index (χ1v) is 8.61. The van der Waals surface area contributed by atoms with Crippen LogP contribution in [0.2, 0.25) is 5.02 Å². The normalized spacial score (nSPS) is 11.7. The van der Waals surface area contributed by atoms with Crippen LogP contribution in [-0.4, -0.2) is 34.2 Å². The lowest BCUT2D eigenvalue weighted by molar-refractivity contribution is 0.714. The third-order valence-electron chi connectivity index (χ3n) is 3.85. The molecule has 0 amide bonds. The molecule has 6 nitrogen and oxygen atoms in total. The Morgan fingerprint density at radius 3 is 2.76 bits per heavy atom. The Bertz CT molecular complexity index is 840. The number of benzene rings is 1. The second kappa shape index (κ2) is 8.48. The number of nitrogens with one attached hydrogen (secondary N) is 2. The summed E-state index contributed by atoms with van der Waals surface area (Å²) in [5.74, 6) is 1.75. The lowest BCUT2D eigenvalue weighted by Gasteiger charge is -2.11. The maximum absolute atomic E-state index is 5.90. The van der Waals surface area contributed by atoms with Gasteiger partial charge in [0.2, 0.25) is 0 Å². The molecule has 3 aromatic rings. The zero-order chi connectivity index (χ0) is 17.5. The minimum absolute atomic E-state index is 0.700. The van der Waals surface area contributed by atoms with Crippen molar-refractivity contribution in [1.82, 2.24) is 25.2 Å². The van der Waals surface area contributed by atoms with E-state index >= 15 is 0 Å². The first-order chi connectivity index (χ1) is 12.3. The minimum atomic E-state index is 0.700. The number of fused-ring (bicyclic) bond motifs is 1. The Labute approximate surface area is 152 Å². The zero-order valence-corrected chi connectivity index (χ0v) is 14.9. The van der Waals surface area contributed by atoms with Gasteiger partial charge in [-0.2, -0.15) is 0 Å².